The maximum Gasteiger partial charge on any atom is 0.328 e. The summed E-state index contributed by atoms with van der Waals surface area (Å²) < 4.78 is 10.5. The highest BCUT2D eigenvalue weighted by molar-refractivity contribution is 6.10. The molecule has 2 atom stereocenters. The molecule has 0 saturated carbocycles. The van der Waals surface area contributed by atoms with E-state index in [9.17, 15) is 19.2 Å². The van der Waals surface area contributed by atoms with E-state index in [0.29, 0.717) is 22.6 Å². The molecular weight excluding hydrogens is 472 g/mol. The molecule has 2 aromatic carbocycles. The van der Waals surface area contributed by atoms with Crippen molar-refractivity contribution in [1.82, 2.24) is 0 Å². The number of carbonyl (C=O) groups is 4. The summed E-state index contributed by atoms with van der Waals surface area (Å²) in [6.07, 6.45) is 5.53. The molecule has 0 bridgehead atoms. The second-order valence-corrected chi connectivity index (χ2v) is 9.30. The van der Waals surface area contributed by atoms with Crippen molar-refractivity contribution in [3.63, 3.8) is 0 Å². The second-order valence-electron chi connectivity index (χ2n) is 9.30. The molecule has 8 heteroatoms. The lowest BCUT2D eigenvalue weighted by atomic mass is 10.1. The van der Waals surface area contributed by atoms with Gasteiger partial charge in [-0.25, -0.2) is 9.59 Å². The van der Waals surface area contributed by atoms with Gasteiger partial charge in [0.1, 0.15) is 23.6 Å². The van der Waals surface area contributed by atoms with Crippen LogP contribution < -0.4 is 20.9 Å². The number of hydrogen-bond acceptors (Lipinski definition) is 8. The third-order valence-electron chi connectivity index (χ3n) is 5.45. The number of ether oxygens (including phenoxy) is 2. The summed E-state index contributed by atoms with van der Waals surface area (Å²) in [6, 6.07) is 11.8. The van der Waals surface area contributed by atoms with Crippen molar-refractivity contribution in [2.45, 2.75) is 46.2 Å². The molecule has 37 heavy (non-hydrogen) atoms. The first-order valence-electron chi connectivity index (χ1n) is 12.0. The van der Waals surface area contributed by atoms with E-state index >= 15 is 0 Å². The molecule has 0 aliphatic heterocycles. The Kier molecular flexibility index (Phi) is 11.1. The SMILES string of the molecule is CC(C)C(N)C(=O)Oc1ccc(/C=C/C(=O)CC(=O)/C=C/c2ccc(OC(=O)C(N)C(C)C)cc2)cc1. The normalized spacial score (nSPS) is 13.2. The number of benzene rings is 2. The topological polar surface area (TPSA) is 139 Å². The van der Waals surface area contributed by atoms with Gasteiger partial charge < -0.3 is 20.9 Å². The van der Waals surface area contributed by atoms with Crippen LogP contribution in [-0.2, 0) is 19.2 Å². The summed E-state index contributed by atoms with van der Waals surface area (Å²) in [6.45, 7) is 7.34. The van der Waals surface area contributed by atoms with E-state index in [4.69, 9.17) is 20.9 Å². The van der Waals surface area contributed by atoms with Gasteiger partial charge >= 0.3 is 11.9 Å². The largest absolute Gasteiger partial charge is 0.425 e. The maximum atomic E-state index is 12.2. The molecule has 0 radical (unpaired) electrons. The number of nitrogens with two attached hydrogens (primary N) is 2. The first-order valence-corrected chi connectivity index (χ1v) is 12.0. The molecule has 8 nitrogen and oxygen atoms in total. The Morgan fingerprint density at radius 2 is 0.973 bits per heavy atom. The Morgan fingerprint density at radius 1 is 0.649 bits per heavy atom. The predicted molar refractivity (Wildman–Crippen MR) is 142 cm³/mol. The van der Waals surface area contributed by atoms with E-state index in [2.05, 4.69) is 0 Å². The molecular formula is C29H34N2O6. The quantitative estimate of drug-likeness (QED) is 0.192. The minimum atomic E-state index is -0.707. The zero-order valence-corrected chi connectivity index (χ0v) is 21.5. The number of ketones is 2. The van der Waals surface area contributed by atoms with Crippen molar-refractivity contribution in [2.75, 3.05) is 0 Å². The van der Waals surface area contributed by atoms with Crippen molar-refractivity contribution in [3.05, 3.63) is 71.8 Å². The Hall–Kier alpha value is -3.88. The Bertz CT molecular complexity index is 1060. The third kappa shape index (κ3) is 9.95. The maximum absolute atomic E-state index is 12.2. The van der Waals surface area contributed by atoms with Crippen LogP contribution in [0.5, 0.6) is 11.5 Å². The van der Waals surface area contributed by atoms with Gasteiger partial charge in [0.15, 0.2) is 11.6 Å². The van der Waals surface area contributed by atoms with Crippen molar-refractivity contribution >= 4 is 35.7 Å². The number of carbonyl (C=O) groups excluding carboxylic acids is 4. The van der Waals surface area contributed by atoms with Gasteiger partial charge in [-0.1, -0.05) is 64.1 Å². The highest BCUT2D eigenvalue weighted by Crippen LogP contribution is 2.16. The number of hydrogen-bond donors (Lipinski definition) is 2. The third-order valence-corrected chi connectivity index (χ3v) is 5.45. The van der Waals surface area contributed by atoms with Gasteiger partial charge in [0, 0.05) is 0 Å². The average molecular weight is 507 g/mol. The fraction of sp³-hybridized carbons (Fsp3) is 0.310. The van der Waals surface area contributed by atoms with E-state index in [0.717, 1.165) is 0 Å². The van der Waals surface area contributed by atoms with E-state index < -0.39 is 24.0 Å². The van der Waals surface area contributed by atoms with Gasteiger partial charge in [-0.05, 0) is 59.4 Å². The van der Waals surface area contributed by atoms with Crippen LogP contribution in [0.2, 0.25) is 0 Å². The van der Waals surface area contributed by atoms with Gasteiger partial charge in [-0.15, -0.1) is 0 Å². The highest BCUT2D eigenvalue weighted by atomic mass is 16.5. The number of rotatable bonds is 12. The molecule has 4 N–H and O–H groups in total. The van der Waals surface area contributed by atoms with Crippen LogP contribution in [0.15, 0.2) is 60.7 Å². The number of allylic oxidation sites excluding steroid dienone is 2. The minimum absolute atomic E-state index is 0.0373. The lowest BCUT2D eigenvalue weighted by molar-refractivity contribution is -0.137. The van der Waals surface area contributed by atoms with Gasteiger partial charge in [0.25, 0.3) is 0 Å². The molecule has 0 aliphatic carbocycles. The van der Waals surface area contributed by atoms with Gasteiger partial charge in [-0.2, -0.15) is 0 Å². The lowest BCUT2D eigenvalue weighted by Crippen LogP contribution is -2.38. The standard InChI is InChI=1S/C29H34N2O6/c1-18(2)26(30)28(34)36-24-13-7-20(8-14-24)5-11-22(32)17-23(33)12-6-21-9-15-25(16-10-21)37-29(35)27(31)19(3)4/h5-16,18-19,26-27H,17,30-31H2,1-4H3/b11-5+,12-6+. The molecule has 0 aliphatic rings. The smallest absolute Gasteiger partial charge is 0.328 e. The van der Waals surface area contributed by atoms with E-state index in [1.165, 1.54) is 12.2 Å². The zero-order valence-electron chi connectivity index (χ0n) is 21.5. The fourth-order valence-corrected chi connectivity index (χ4v) is 2.87. The van der Waals surface area contributed by atoms with Gasteiger partial charge in [0.2, 0.25) is 0 Å². The second kappa shape index (κ2) is 14.0. The summed E-state index contributed by atoms with van der Waals surface area (Å²) in [5.41, 5.74) is 13.0. The number of esters is 2. The van der Waals surface area contributed by atoms with Crippen LogP contribution in [0, 0.1) is 11.8 Å². The summed E-state index contributed by atoms with van der Waals surface area (Å²) in [4.78, 5) is 48.2. The van der Waals surface area contributed by atoms with Crippen LogP contribution in [0.25, 0.3) is 12.2 Å². The average Bonchev–Trinajstić information content (AvgIpc) is 2.86. The molecule has 0 heterocycles. The summed E-state index contributed by atoms with van der Waals surface area (Å²) in [7, 11) is 0. The van der Waals surface area contributed by atoms with Gasteiger partial charge in [-0.3, -0.25) is 9.59 Å². The molecule has 2 rings (SSSR count). The molecule has 0 spiro atoms. The highest BCUT2D eigenvalue weighted by Gasteiger charge is 2.20. The molecule has 0 fully saturated rings. The first-order chi connectivity index (χ1) is 17.5. The van der Waals surface area contributed by atoms with Crippen LogP contribution in [0.1, 0.15) is 45.2 Å². The van der Waals surface area contributed by atoms with Crippen LogP contribution in [0.3, 0.4) is 0 Å². The van der Waals surface area contributed by atoms with Crippen LogP contribution in [-0.4, -0.2) is 35.6 Å². The predicted octanol–water partition coefficient (Wildman–Crippen LogP) is 3.72. The summed E-state index contributed by atoms with van der Waals surface area (Å²) in [5.74, 6) is -1.08. The molecule has 0 saturated heterocycles. The van der Waals surface area contributed by atoms with E-state index in [1.54, 1.807) is 60.7 Å². The molecule has 196 valence electrons. The Labute approximate surface area is 217 Å². The van der Waals surface area contributed by atoms with E-state index in [-0.39, 0.29) is 29.8 Å². The summed E-state index contributed by atoms with van der Waals surface area (Å²) >= 11 is 0. The van der Waals surface area contributed by atoms with Crippen molar-refractivity contribution < 1.29 is 28.7 Å². The zero-order chi connectivity index (χ0) is 27.5. The molecule has 0 amide bonds. The van der Waals surface area contributed by atoms with E-state index in [1.807, 2.05) is 27.7 Å². The van der Waals surface area contributed by atoms with Crippen molar-refractivity contribution in [1.29, 1.82) is 0 Å². The van der Waals surface area contributed by atoms with Crippen LogP contribution in [0.4, 0.5) is 0 Å². The molecule has 0 aromatic heterocycles. The first kappa shape index (κ1) is 29.4. The van der Waals surface area contributed by atoms with Crippen molar-refractivity contribution in [3.8, 4) is 11.5 Å². The minimum Gasteiger partial charge on any atom is -0.425 e. The van der Waals surface area contributed by atoms with Crippen molar-refractivity contribution in [2.24, 2.45) is 23.3 Å². The summed E-state index contributed by atoms with van der Waals surface area (Å²) in [5, 5.41) is 0. The Balaban J connectivity index is 1.84. The Morgan fingerprint density at radius 3 is 1.27 bits per heavy atom. The molecule has 2 unspecified atom stereocenters. The molecule has 2 aromatic rings. The van der Waals surface area contributed by atoms with Crippen LogP contribution >= 0.6 is 0 Å². The fourth-order valence-electron chi connectivity index (χ4n) is 2.87. The monoisotopic (exact) mass is 506 g/mol. The lowest BCUT2D eigenvalue weighted by Gasteiger charge is -2.14. The van der Waals surface area contributed by atoms with Gasteiger partial charge in [0.05, 0.1) is 6.42 Å².